The lowest BCUT2D eigenvalue weighted by molar-refractivity contribution is 0.838. The van der Waals surface area contributed by atoms with Gasteiger partial charge in [0.25, 0.3) is 0 Å². The predicted octanol–water partition coefficient (Wildman–Crippen LogP) is 3.28. The van der Waals surface area contributed by atoms with Crippen LogP contribution in [0, 0.1) is 0 Å². The van der Waals surface area contributed by atoms with Crippen molar-refractivity contribution in [1.82, 2.24) is 9.97 Å². The second kappa shape index (κ2) is 4.63. The Bertz CT molecular complexity index is 382. The van der Waals surface area contributed by atoms with Crippen LogP contribution >= 0.6 is 23.5 Å². The summed E-state index contributed by atoms with van der Waals surface area (Å²) in [6.07, 6.45) is 4.02. The molecule has 1 saturated heterocycles. The molecule has 0 radical (unpaired) electrons. The second-order valence-electron chi connectivity index (χ2n) is 3.84. The van der Waals surface area contributed by atoms with Crippen LogP contribution in [0.15, 0.2) is 36.7 Å². The quantitative estimate of drug-likeness (QED) is 0.876. The third-order valence-corrected chi connectivity index (χ3v) is 5.99. The summed E-state index contributed by atoms with van der Waals surface area (Å²) in [5, 5.41) is 0. The molecule has 0 unspecified atom stereocenters. The summed E-state index contributed by atoms with van der Waals surface area (Å²) in [5.41, 5.74) is 2.63. The Kier molecular flexibility index (Phi) is 3.02. The SMILES string of the molecule is c1c[nH]c(C(c2ccc[nH]2)C2SCCS2)c1. The van der Waals surface area contributed by atoms with E-state index in [-0.39, 0.29) is 0 Å². The van der Waals surface area contributed by atoms with Gasteiger partial charge in [-0.1, -0.05) is 0 Å². The average molecular weight is 250 g/mol. The summed E-state index contributed by atoms with van der Waals surface area (Å²) >= 11 is 4.14. The molecule has 2 aromatic heterocycles. The van der Waals surface area contributed by atoms with Gasteiger partial charge in [-0.25, -0.2) is 0 Å². The van der Waals surface area contributed by atoms with Crippen molar-refractivity contribution in [1.29, 1.82) is 0 Å². The van der Waals surface area contributed by atoms with E-state index in [4.69, 9.17) is 0 Å². The molecular formula is C12H14N2S2. The van der Waals surface area contributed by atoms with Gasteiger partial charge >= 0.3 is 0 Å². The fourth-order valence-electron chi connectivity index (χ4n) is 2.11. The number of aromatic amines is 2. The van der Waals surface area contributed by atoms with Crippen LogP contribution in [0.5, 0.6) is 0 Å². The zero-order valence-electron chi connectivity index (χ0n) is 8.85. The molecule has 1 aliphatic rings. The first kappa shape index (κ1) is 10.4. The molecule has 0 atom stereocenters. The van der Waals surface area contributed by atoms with E-state index in [1.807, 2.05) is 12.4 Å². The molecule has 1 aliphatic heterocycles. The van der Waals surface area contributed by atoms with Gasteiger partial charge in [0.1, 0.15) is 0 Å². The first-order chi connectivity index (χ1) is 7.95. The van der Waals surface area contributed by atoms with E-state index in [0.29, 0.717) is 10.5 Å². The maximum Gasteiger partial charge on any atom is 0.0640 e. The highest BCUT2D eigenvalue weighted by Crippen LogP contribution is 2.44. The van der Waals surface area contributed by atoms with Crippen LogP contribution in [0.3, 0.4) is 0 Å². The molecule has 0 saturated carbocycles. The summed E-state index contributed by atoms with van der Waals surface area (Å²) in [6, 6.07) is 8.53. The molecule has 2 nitrogen and oxygen atoms in total. The average Bonchev–Trinajstić information content (AvgIpc) is 3.02. The predicted molar refractivity (Wildman–Crippen MR) is 72.1 cm³/mol. The highest BCUT2D eigenvalue weighted by atomic mass is 32.2. The number of aromatic nitrogens is 2. The van der Waals surface area contributed by atoms with Crippen LogP contribution in [0.2, 0.25) is 0 Å². The molecule has 2 aromatic rings. The van der Waals surface area contributed by atoms with E-state index in [1.54, 1.807) is 0 Å². The molecular weight excluding hydrogens is 236 g/mol. The van der Waals surface area contributed by atoms with Crippen LogP contribution in [-0.2, 0) is 0 Å². The zero-order chi connectivity index (χ0) is 10.8. The van der Waals surface area contributed by atoms with Gasteiger partial charge in [0, 0.05) is 35.3 Å². The number of rotatable bonds is 3. The number of H-pyrrole nitrogens is 2. The fourth-order valence-corrected chi connectivity index (χ4v) is 5.27. The summed E-state index contributed by atoms with van der Waals surface area (Å²) in [7, 11) is 0. The third-order valence-electron chi connectivity index (χ3n) is 2.83. The summed E-state index contributed by atoms with van der Waals surface area (Å²) in [4.78, 5) is 6.71. The summed E-state index contributed by atoms with van der Waals surface area (Å²) in [5.74, 6) is 3.00. The number of thioether (sulfide) groups is 2. The highest BCUT2D eigenvalue weighted by Gasteiger charge is 2.30. The Labute approximate surface area is 104 Å². The molecule has 2 N–H and O–H groups in total. The molecule has 3 heterocycles. The van der Waals surface area contributed by atoms with Gasteiger partial charge in [-0.3, -0.25) is 0 Å². The summed E-state index contributed by atoms with van der Waals surface area (Å²) < 4.78 is 0.636. The highest BCUT2D eigenvalue weighted by molar-refractivity contribution is 8.20. The zero-order valence-corrected chi connectivity index (χ0v) is 10.5. The lowest BCUT2D eigenvalue weighted by Crippen LogP contribution is -2.12. The van der Waals surface area contributed by atoms with Gasteiger partial charge in [-0.2, -0.15) is 0 Å². The maximum absolute atomic E-state index is 3.36. The van der Waals surface area contributed by atoms with Crippen molar-refractivity contribution in [3.05, 3.63) is 48.0 Å². The van der Waals surface area contributed by atoms with Crippen molar-refractivity contribution >= 4 is 23.5 Å². The molecule has 16 heavy (non-hydrogen) atoms. The Morgan fingerprint density at radius 2 is 1.56 bits per heavy atom. The number of nitrogens with one attached hydrogen (secondary N) is 2. The monoisotopic (exact) mass is 250 g/mol. The van der Waals surface area contributed by atoms with Gasteiger partial charge in [0.15, 0.2) is 0 Å². The number of hydrogen-bond acceptors (Lipinski definition) is 2. The Balaban J connectivity index is 1.94. The minimum Gasteiger partial charge on any atom is -0.364 e. The molecule has 3 rings (SSSR count). The van der Waals surface area contributed by atoms with Crippen LogP contribution in [0.4, 0.5) is 0 Å². The van der Waals surface area contributed by atoms with Crippen LogP contribution in [0.1, 0.15) is 17.3 Å². The van der Waals surface area contributed by atoms with E-state index < -0.39 is 0 Å². The Morgan fingerprint density at radius 1 is 1.00 bits per heavy atom. The van der Waals surface area contributed by atoms with E-state index >= 15 is 0 Å². The number of hydrogen-bond donors (Lipinski definition) is 2. The van der Waals surface area contributed by atoms with Crippen molar-refractivity contribution in [2.75, 3.05) is 11.5 Å². The lowest BCUT2D eigenvalue weighted by atomic mass is 10.0. The van der Waals surface area contributed by atoms with Crippen molar-refractivity contribution in [2.24, 2.45) is 0 Å². The molecule has 0 aromatic carbocycles. The summed E-state index contributed by atoms with van der Waals surface area (Å²) in [6.45, 7) is 0. The van der Waals surface area contributed by atoms with Gasteiger partial charge in [0.2, 0.25) is 0 Å². The minimum atomic E-state index is 0.461. The van der Waals surface area contributed by atoms with E-state index in [1.165, 1.54) is 22.9 Å². The van der Waals surface area contributed by atoms with Gasteiger partial charge in [0.05, 0.1) is 10.5 Å². The molecule has 1 fully saturated rings. The van der Waals surface area contributed by atoms with Crippen molar-refractivity contribution in [3.63, 3.8) is 0 Å². The second-order valence-corrected chi connectivity index (χ2v) is 6.64. The lowest BCUT2D eigenvalue weighted by Gasteiger charge is -2.20. The Hall–Kier alpha value is -0.740. The van der Waals surface area contributed by atoms with Crippen LogP contribution < -0.4 is 0 Å². The first-order valence-electron chi connectivity index (χ1n) is 5.45. The minimum absolute atomic E-state index is 0.461. The van der Waals surface area contributed by atoms with Gasteiger partial charge in [-0.15, -0.1) is 23.5 Å². The molecule has 84 valence electrons. The Morgan fingerprint density at radius 3 is 2.00 bits per heavy atom. The fraction of sp³-hybridized carbons (Fsp3) is 0.333. The maximum atomic E-state index is 3.36. The van der Waals surface area contributed by atoms with E-state index in [0.717, 1.165) is 0 Å². The first-order valence-corrected chi connectivity index (χ1v) is 7.54. The van der Waals surface area contributed by atoms with E-state index in [2.05, 4.69) is 57.8 Å². The largest absolute Gasteiger partial charge is 0.364 e. The van der Waals surface area contributed by atoms with E-state index in [9.17, 15) is 0 Å². The van der Waals surface area contributed by atoms with Crippen LogP contribution in [-0.4, -0.2) is 26.1 Å². The molecule has 0 amide bonds. The topological polar surface area (TPSA) is 31.6 Å². The normalized spacial score (nSPS) is 17.3. The molecule has 0 aliphatic carbocycles. The molecule has 0 spiro atoms. The molecule has 4 heteroatoms. The van der Waals surface area contributed by atoms with Crippen molar-refractivity contribution in [2.45, 2.75) is 10.5 Å². The third kappa shape index (κ3) is 1.92. The van der Waals surface area contributed by atoms with Crippen molar-refractivity contribution < 1.29 is 0 Å². The smallest absolute Gasteiger partial charge is 0.0640 e. The van der Waals surface area contributed by atoms with Gasteiger partial charge in [-0.05, 0) is 24.3 Å². The molecule has 0 bridgehead atoms. The standard InChI is InChI=1S/C12H14N2S2/c1-3-9(13-5-1)11(10-4-2-6-14-10)12-15-7-8-16-12/h1-6,11-14H,7-8H2. The van der Waals surface area contributed by atoms with Crippen LogP contribution in [0.25, 0.3) is 0 Å². The van der Waals surface area contributed by atoms with Crippen molar-refractivity contribution in [3.8, 4) is 0 Å². The van der Waals surface area contributed by atoms with Gasteiger partial charge < -0.3 is 9.97 Å².